The lowest BCUT2D eigenvalue weighted by atomic mass is 10.1. The van der Waals surface area contributed by atoms with Crippen LogP contribution in [0.15, 0.2) is 36.4 Å². The number of halogens is 1. The molecule has 3 aromatic rings. The molecule has 1 N–H and O–H groups in total. The number of aryl methyl sites for hydroxylation is 1. The maximum absolute atomic E-state index is 6.15. The zero-order valence-corrected chi connectivity index (χ0v) is 22.0. The summed E-state index contributed by atoms with van der Waals surface area (Å²) in [6.07, 6.45) is 2.24. The van der Waals surface area contributed by atoms with Gasteiger partial charge in [-0.3, -0.25) is 4.90 Å². The van der Waals surface area contributed by atoms with Crippen LogP contribution in [0.3, 0.4) is 0 Å². The van der Waals surface area contributed by atoms with E-state index in [1.807, 2.05) is 60.6 Å². The molecule has 1 aliphatic rings. The minimum atomic E-state index is 0.617. The van der Waals surface area contributed by atoms with Gasteiger partial charge in [0.15, 0.2) is 0 Å². The Morgan fingerprint density at radius 3 is 2.19 bits per heavy atom. The van der Waals surface area contributed by atoms with Gasteiger partial charge in [0.05, 0.1) is 11.0 Å². The molecular formula is C27H42ClN3O. The first kappa shape index (κ1) is 28.2. The number of rotatable bonds is 4. The van der Waals surface area contributed by atoms with E-state index >= 15 is 0 Å². The summed E-state index contributed by atoms with van der Waals surface area (Å²) in [5.74, 6) is 0.884. The molecule has 2 heterocycles. The molecule has 0 saturated carbocycles. The number of nitrogens with one attached hydrogen (secondary N) is 1. The number of nitrogens with zero attached hydrogens (tertiary/aromatic N) is 2. The number of imidazole rings is 1. The Hall–Kier alpha value is -1.88. The normalized spacial score (nSPS) is 13.4. The fraction of sp³-hybridized carbons (Fsp3) is 0.519. The maximum Gasteiger partial charge on any atom is 0.138 e. The van der Waals surface area contributed by atoms with Crippen LogP contribution in [-0.2, 0) is 11.3 Å². The van der Waals surface area contributed by atoms with Crippen molar-refractivity contribution in [1.82, 2.24) is 14.9 Å². The number of hydrogen-bond acceptors (Lipinski definition) is 3. The zero-order chi connectivity index (χ0) is 24.1. The van der Waals surface area contributed by atoms with Crippen LogP contribution in [0.5, 0.6) is 0 Å². The summed E-state index contributed by atoms with van der Waals surface area (Å²) in [5.41, 5.74) is 5.46. The monoisotopic (exact) mass is 459 g/mol. The number of benzene rings is 2. The van der Waals surface area contributed by atoms with Gasteiger partial charge >= 0.3 is 0 Å². The lowest BCUT2D eigenvalue weighted by Crippen LogP contribution is -2.36. The summed E-state index contributed by atoms with van der Waals surface area (Å²) in [4.78, 5) is 10.6. The van der Waals surface area contributed by atoms with E-state index in [0.29, 0.717) is 6.04 Å². The highest BCUT2D eigenvalue weighted by atomic mass is 35.5. The van der Waals surface area contributed by atoms with Crippen LogP contribution in [0.2, 0.25) is 5.02 Å². The standard InChI is InChI=1S/C21H24ClN3O.3C2H6/c1-14-11-17(22)12-19-20(14)24-21(23-19)16-5-3-15(4-6-16)13-25(2)18-7-9-26-10-8-18;3*1-2/h3-6,11-12,18H,7-10,13H2,1-2H3,(H,23,24);3*1-2H3. The zero-order valence-electron chi connectivity index (χ0n) is 21.3. The lowest BCUT2D eigenvalue weighted by molar-refractivity contribution is 0.0407. The van der Waals surface area contributed by atoms with Crippen molar-refractivity contribution < 1.29 is 4.74 Å². The van der Waals surface area contributed by atoms with Crippen LogP contribution in [-0.4, -0.2) is 41.2 Å². The van der Waals surface area contributed by atoms with E-state index in [1.54, 1.807) is 0 Å². The Labute approximate surface area is 200 Å². The molecule has 0 aliphatic carbocycles. The van der Waals surface area contributed by atoms with Crippen LogP contribution in [0.4, 0.5) is 0 Å². The first-order valence-corrected chi connectivity index (χ1v) is 12.5. The second-order valence-electron chi connectivity index (χ2n) is 7.16. The van der Waals surface area contributed by atoms with E-state index in [2.05, 4.69) is 41.2 Å². The van der Waals surface area contributed by atoms with Crippen molar-refractivity contribution in [3.8, 4) is 11.4 Å². The van der Waals surface area contributed by atoms with Gasteiger partial charge in [-0.05, 0) is 50.1 Å². The lowest BCUT2D eigenvalue weighted by Gasteiger charge is -2.31. The topological polar surface area (TPSA) is 41.2 Å². The van der Waals surface area contributed by atoms with E-state index in [0.717, 1.165) is 65.6 Å². The Bertz CT molecular complexity index is 899. The first-order valence-electron chi connectivity index (χ1n) is 12.1. The van der Waals surface area contributed by atoms with Crippen molar-refractivity contribution in [3.05, 3.63) is 52.5 Å². The maximum atomic E-state index is 6.15. The molecule has 1 aromatic heterocycles. The first-order chi connectivity index (χ1) is 15.6. The molecule has 0 bridgehead atoms. The van der Waals surface area contributed by atoms with Crippen molar-refractivity contribution in [2.45, 2.75) is 73.9 Å². The van der Waals surface area contributed by atoms with Crippen LogP contribution >= 0.6 is 11.6 Å². The number of ether oxygens (including phenoxy) is 1. The van der Waals surface area contributed by atoms with Crippen molar-refractivity contribution in [3.63, 3.8) is 0 Å². The van der Waals surface area contributed by atoms with Crippen molar-refractivity contribution >= 4 is 22.6 Å². The van der Waals surface area contributed by atoms with E-state index in [-0.39, 0.29) is 0 Å². The van der Waals surface area contributed by atoms with Gasteiger partial charge in [-0.2, -0.15) is 0 Å². The SMILES string of the molecule is CC.CC.CC.Cc1cc(Cl)cc2[nH]c(-c3ccc(CN(C)C4CCOCC4)cc3)nc12. The van der Waals surface area contributed by atoms with Crippen LogP contribution in [0, 0.1) is 6.92 Å². The molecule has 5 heteroatoms. The smallest absolute Gasteiger partial charge is 0.138 e. The quantitative estimate of drug-likeness (QED) is 0.431. The molecule has 4 nitrogen and oxygen atoms in total. The van der Waals surface area contributed by atoms with E-state index in [9.17, 15) is 0 Å². The van der Waals surface area contributed by atoms with E-state index in [4.69, 9.17) is 21.3 Å². The minimum absolute atomic E-state index is 0.617. The second kappa shape index (κ2) is 15.0. The fourth-order valence-corrected chi connectivity index (χ4v) is 3.97. The molecule has 1 fully saturated rings. The predicted molar refractivity (Wildman–Crippen MR) is 141 cm³/mol. The molecule has 1 aliphatic heterocycles. The summed E-state index contributed by atoms with van der Waals surface area (Å²) in [6.45, 7) is 16.8. The van der Waals surface area contributed by atoms with Gasteiger partial charge in [-0.25, -0.2) is 4.98 Å². The van der Waals surface area contributed by atoms with Gasteiger partial charge in [0.25, 0.3) is 0 Å². The number of aromatic amines is 1. The van der Waals surface area contributed by atoms with E-state index in [1.165, 1.54) is 5.56 Å². The Balaban J connectivity index is 0.000000789. The minimum Gasteiger partial charge on any atom is -0.381 e. The van der Waals surface area contributed by atoms with E-state index < -0.39 is 0 Å². The molecule has 178 valence electrons. The molecule has 0 atom stereocenters. The van der Waals surface area contributed by atoms with Crippen molar-refractivity contribution in [2.24, 2.45) is 0 Å². The number of H-pyrrole nitrogens is 1. The van der Waals surface area contributed by atoms with Gasteiger partial charge in [0.1, 0.15) is 5.82 Å². The van der Waals surface area contributed by atoms with Gasteiger partial charge in [-0.15, -0.1) is 0 Å². The highest BCUT2D eigenvalue weighted by Crippen LogP contribution is 2.26. The number of hydrogen-bond donors (Lipinski definition) is 1. The van der Waals surface area contributed by atoms with Gasteiger partial charge in [0.2, 0.25) is 0 Å². The molecule has 4 rings (SSSR count). The molecule has 0 amide bonds. The molecule has 0 radical (unpaired) electrons. The molecule has 1 saturated heterocycles. The number of aromatic nitrogens is 2. The van der Waals surface area contributed by atoms with Crippen LogP contribution < -0.4 is 0 Å². The third-order valence-electron chi connectivity index (χ3n) is 5.22. The molecule has 0 unspecified atom stereocenters. The fourth-order valence-electron chi connectivity index (χ4n) is 3.69. The second-order valence-corrected chi connectivity index (χ2v) is 7.60. The van der Waals surface area contributed by atoms with Gasteiger partial charge < -0.3 is 9.72 Å². The highest BCUT2D eigenvalue weighted by molar-refractivity contribution is 6.31. The summed E-state index contributed by atoms with van der Waals surface area (Å²) in [7, 11) is 2.20. The highest BCUT2D eigenvalue weighted by Gasteiger charge is 2.18. The average molecular weight is 460 g/mol. The summed E-state index contributed by atoms with van der Waals surface area (Å²) in [6, 6.07) is 13.2. The summed E-state index contributed by atoms with van der Waals surface area (Å²) >= 11 is 6.15. The van der Waals surface area contributed by atoms with Crippen molar-refractivity contribution in [1.29, 1.82) is 0 Å². The Morgan fingerprint density at radius 1 is 1.00 bits per heavy atom. The molecule has 32 heavy (non-hydrogen) atoms. The molecule has 2 aromatic carbocycles. The Kier molecular flexibility index (Phi) is 13.2. The third-order valence-corrected chi connectivity index (χ3v) is 5.43. The summed E-state index contributed by atoms with van der Waals surface area (Å²) in [5, 5.41) is 0.733. The molecule has 0 spiro atoms. The largest absolute Gasteiger partial charge is 0.381 e. The van der Waals surface area contributed by atoms with Crippen LogP contribution in [0.25, 0.3) is 22.4 Å². The third kappa shape index (κ3) is 7.61. The van der Waals surface area contributed by atoms with Gasteiger partial charge in [0, 0.05) is 36.4 Å². The average Bonchev–Trinajstić information content (AvgIpc) is 3.28. The summed E-state index contributed by atoms with van der Waals surface area (Å²) < 4.78 is 5.46. The molecular weight excluding hydrogens is 418 g/mol. The van der Waals surface area contributed by atoms with Crippen LogP contribution in [0.1, 0.15) is 65.5 Å². The van der Waals surface area contributed by atoms with Gasteiger partial charge in [-0.1, -0.05) is 77.4 Å². The number of fused-ring (bicyclic) bond motifs is 1. The predicted octanol–water partition coefficient (Wildman–Crippen LogP) is 7.88. The van der Waals surface area contributed by atoms with Crippen molar-refractivity contribution in [2.75, 3.05) is 20.3 Å². The Morgan fingerprint density at radius 2 is 1.59 bits per heavy atom.